The van der Waals surface area contributed by atoms with Gasteiger partial charge in [0.1, 0.15) is 17.5 Å². The highest BCUT2D eigenvalue weighted by Crippen LogP contribution is 2.31. The van der Waals surface area contributed by atoms with Crippen LogP contribution in [0.15, 0.2) is 47.2 Å². The number of amides is 2. The summed E-state index contributed by atoms with van der Waals surface area (Å²) in [4.78, 5) is 27.3. The van der Waals surface area contributed by atoms with E-state index in [-0.39, 0.29) is 17.6 Å². The lowest BCUT2D eigenvalue weighted by Crippen LogP contribution is -2.58. The van der Waals surface area contributed by atoms with E-state index in [1.807, 2.05) is 26.0 Å². The number of hydrogen-bond donors (Lipinski definition) is 2. The maximum absolute atomic E-state index is 13.1. The zero-order valence-corrected chi connectivity index (χ0v) is 15.0. The van der Waals surface area contributed by atoms with Crippen molar-refractivity contribution in [1.29, 1.82) is 0 Å². The van der Waals surface area contributed by atoms with Gasteiger partial charge in [-0.1, -0.05) is 12.2 Å². The molecule has 2 aliphatic heterocycles. The SMILES string of the molecule is Cc1cc(O)cc(C)c1CC1NC(=O)C2=CC3=C(CCC=C3)CN2C1=O. The summed E-state index contributed by atoms with van der Waals surface area (Å²) in [5.74, 6) is -0.0492. The number of aromatic hydroxyl groups is 1. The molecule has 5 nitrogen and oxygen atoms in total. The van der Waals surface area contributed by atoms with Gasteiger partial charge in [-0.25, -0.2) is 0 Å². The molecule has 26 heavy (non-hydrogen) atoms. The average Bonchev–Trinajstić information content (AvgIpc) is 2.60. The number of rotatable bonds is 2. The van der Waals surface area contributed by atoms with Crippen LogP contribution in [0.1, 0.15) is 29.5 Å². The summed E-state index contributed by atoms with van der Waals surface area (Å²) in [6, 6.07) is 2.80. The first-order chi connectivity index (χ1) is 12.4. The summed E-state index contributed by atoms with van der Waals surface area (Å²) >= 11 is 0. The second-order valence-electron chi connectivity index (χ2n) is 7.24. The molecule has 1 saturated heterocycles. The summed E-state index contributed by atoms with van der Waals surface area (Å²) in [5, 5.41) is 12.6. The number of allylic oxidation sites excluding steroid dienone is 4. The second kappa shape index (κ2) is 6.16. The lowest BCUT2D eigenvalue weighted by molar-refractivity contribution is -0.139. The summed E-state index contributed by atoms with van der Waals surface area (Å²) in [7, 11) is 0. The molecule has 4 rings (SSSR count). The summed E-state index contributed by atoms with van der Waals surface area (Å²) in [6.45, 7) is 4.32. The van der Waals surface area contributed by atoms with Crippen molar-refractivity contribution < 1.29 is 14.7 Å². The van der Waals surface area contributed by atoms with Crippen molar-refractivity contribution in [3.8, 4) is 5.75 Å². The molecule has 3 aliphatic rings. The molecule has 0 radical (unpaired) electrons. The van der Waals surface area contributed by atoms with Gasteiger partial charge in [-0.15, -0.1) is 0 Å². The Morgan fingerprint density at radius 1 is 1.23 bits per heavy atom. The molecule has 0 aromatic heterocycles. The van der Waals surface area contributed by atoms with Crippen molar-refractivity contribution in [2.45, 2.75) is 39.2 Å². The van der Waals surface area contributed by atoms with Crippen molar-refractivity contribution in [2.24, 2.45) is 0 Å². The highest BCUT2D eigenvalue weighted by Gasteiger charge is 2.39. The van der Waals surface area contributed by atoms with Crippen molar-refractivity contribution in [2.75, 3.05) is 6.54 Å². The predicted molar refractivity (Wildman–Crippen MR) is 98.4 cm³/mol. The molecule has 1 aromatic rings. The van der Waals surface area contributed by atoms with E-state index in [4.69, 9.17) is 0 Å². The molecule has 1 fully saturated rings. The number of piperazine rings is 1. The lowest BCUT2D eigenvalue weighted by Gasteiger charge is -2.38. The van der Waals surface area contributed by atoms with E-state index in [9.17, 15) is 14.7 Å². The summed E-state index contributed by atoms with van der Waals surface area (Å²) < 4.78 is 0. The van der Waals surface area contributed by atoms with E-state index in [2.05, 4.69) is 11.4 Å². The Bertz CT molecular complexity index is 885. The minimum Gasteiger partial charge on any atom is -0.508 e. The number of benzene rings is 1. The van der Waals surface area contributed by atoms with Gasteiger partial charge >= 0.3 is 0 Å². The number of hydrogen-bond acceptors (Lipinski definition) is 3. The van der Waals surface area contributed by atoms with Crippen LogP contribution in [0.4, 0.5) is 0 Å². The zero-order chi connectivity index (χ0) is 18.4. The van der Waals surface area contributed by atoms with E-state index in [1.54, 1.807) is 17.0 Å². The lowest BCUT2D eigenvalue weighted by atomic mass is 9.90. The topological polar surface area (TPSA) is 69.6 Å². The molecule has 2 N–H and O–H groups in total. The number of phenolic OH excluding ortho intramolecular Hbond substituents is 1. The Labute approximate surface area is 152 Å². The van der Waals surface area contributed by atoms with Gasteiger partial charge in [-0.05, 0) is 72.7 Å². The highest BCUT2D eigenvalue weighted by molar-refractivity contribution is 6.05. The minimum absolute atomic E-state index is 0.0659. The fraction of sp³-hybridized carbons (Fsp3) is 0.333. The first-order valence-electron chi connectivity index (χ1n) is 8.95. The van der Waals surface area contributed by atoms with Gasteiger partial charge in [0.25, 0.3) is 5.91 Å². The smallest absolute Gasteiger partial charge is 0.268 e. The number of aryl methyl sites for hydroxylation is 2. The van der Waals surface area contributed by atoms with Crippen LogP contribution in [-0.2, 0) is 16.0 Å². The van der Waals surface area contributed by atoms with Gasteiger partial charge in [0.2, 0.25) is 5.91 Å². The van der Waals surface area contributed by atoms with Crippen molar-refractivity contribution in [1.82, 2.24) is 10.2 Å². The summed E-state index contributed by atoms with van der Waals surface area (Å²) in [5.41, 5.74) is 5.56. The molecular weight excluding hydrogens is 328 g/mol. The fourth-order valence-electron chi connectivity index (χ4n) is 4.05. The zero-order valence-electron chi connectivity index (χ0n) is 15.0. The molecule has 0 bridgehead atoms. The van der Waals surface area contributed by atoms with Gasteiger partial charge in [-0.3, -0.25) is 9.59 Å². The maximum atomic E-state index is 13.1. The van der Waals surface area contributed by atoms with Crippen LogP contribution in [-0.4, -0.2) is 34.4 Å². The third kappa shape index (κ3) is 2.73. The quantitative estimate of drug-likeness (QED) is 0.861. The van der Waals surface area contributed by atoms with Crippen LogP contribution >= 0.6 is 0 Å². The highest BCUT2D eigenvalue weighted by atomic mass is 16.3. The third-order valence-corrected chi connectivity index (χ3v) is 5.44. The van der Waals surface area contributed by atoms with E-state index >= 15 is 0 Å². The Balaban J connectivity index is 1.62. The van der Waals surface area contributed by atoms with Crippen molar-refractivity contribution >= 4 is 11.8 Å². The van der Waals surface area contributed by atoms with Gasteiger partial charge < -0.3 is 15.3 Å². The van der Waals surface area contributed by atoms with Crippen LogP contribution in [0.25, 0.3) is 0 Å². The minimum atomic E-state index is -0.581. The Hall–Kier alpha value is -2.82. The molecule has 1 aromatic carbocycles. The molecule has 2 heterocycles. The first-order valence-corrected chi connectivity index (χ1v) is 8.95. The average molecular weight is 350 g/mol. The summed E-state index contributed by atoms with van der Waals surface area (Å²) in [6.07, 6.45) is 8.31. The Kier molecular flexibility index (Phi) is 3.94. The Morgan fingerprint density at radius 3 is 2.69 bits per heavy atom. The molecule has 0 spiro atoms. The largest absolute Gasteiger partial charge is 0.508 e. The van der Waals surface area contributed by atoms with Gasteiger partial charge in [0.15, 0.2) is 0 Å². The molecule has 2 amide bonds. The van der Waals surface area contributed by atoms with E-state index < -0.39 is 6.04 Å². The number of phenols is 1. The number of carbonyl (C=O) groups excluding carboxylic acids is 2. The second-order valence-corrected chi connectivity index (χ2v) is 7.24. The van der Waals surface area contributed by atoms with Gasteiger partial charge in [0, 0.05) is 13.0 Å². The standard InChI is InChI=1S/C21H22N2O3/c1-12-7-16(24)8-13(2)17(12)10-18-21(26)23-11-15-6-4-3-5-14(15)9-19(23)20(25)22-18/h3,5,7-9,18,24H,4,6,10-11H2,1-2H3,(H,22,25). The maximum Gasteiger partial charge on any atom is 0.268 e. The van der Waals surface area contributed by atoms with Crippen molar-refractivity contribution in [3.63, 3.8) is 0 Å². The first kappa shape index (κ1) is 16.6. The van der Waals surface area contributed by atoms with E-state index in [0.717, 1.165) is 35.1 Å². The number of carbonyl (C=O) groups is 2. The van der Waals surface area contributed by atoms with E-state index in [1.165, 1.54) is 5.57 Å². The number of fused-ring (bicyclic) bond motifs is 1. The van der Waals surface area contributed by atoms with Gasteiger partial charge in [0.05, 0.1) is 0 Å². The van der Waals surface area contributed by atoms with Crippen LogP contribution in [0.3, 0.4) is 0 Å². The molecule has 5 heteroatoms. The molecular formula is C21H22N2O3. The van der Waals surface area contributed by atoms with Gasteiger partial charge in [-0.2, -0.15) is 0 Å². The molecule has 0 saturated carbocycles. The molecule has 134 valence electrons. The third-order valence-electron chi connectivity index (χ3n) is 5.44. The Morgan fingerprint density at radius 2 is 1.96 bits per heavy atom. The van der Waals surface area contributed by atoms with Crippen LogP contribution in [0, 0.1) is 13.8 Å². The number of nitrogens with zero attached hydrogens (tertiary/aromatic N) is 1. The normalized spacial score (nSPS) is 22.0. The van der Waals surface area contributed by atoms with Crippen LogP contribution < -0.4 is 5.32 Å². The molecule has 1 unspecified atom stereocenters. The van der Waals surface area contributed by atoms with Crippen molar-refractivity contribution in [3.05, 3.63) is 63.9 Å². The molecule has 1 aliphatic carbocycles. The van der Waals surface area contributed by atoms with Crippen LogP contribution in [0.2, 0.25) is 0 Å². The monoisotopic (exact) mass is 350 g/mol. The molecule has 1 atom stereocenters. The van der Waals surface area contributed by atoms with E-state index in [0.29, 0.717) is 18.7 Å². The fourth-order valence-corrected chi connectivity index (χ4v) is 4.05. The predicted octanol–water partition coefficient (Wildman–Crippen LogP) is 2.42. The van der Waals surface area contributed by atoms with Crippen LogP contribution in [0.5, 0.6) is 5.75 Å². The number of nitrogens with one attached hydrogen (secondary N) is 1.